The summed E-state index contributed by atoms with van der Waals surface area (Å²) in [5, 5.41) is 11.7. The minimum atomic E-state index is -0.771. The van der Waals surface area contributed by atoms with E-state index in [-0.39, 0.29) is 29.3 Å². The molecule has 0 aliphatic rings. The average Bonchev–Trinajstić information content (AvgIpc) is 3.04. The Morgan fingerprint density at radius 2 is 1.94 bits per heavy atom. The normalized spacial score (nSPS) is 13.4. The Morgan fingerprint density at radius 3 is 2.53 bits per heavy atom. The Morgan fingerprint density at radius 1 is 1.22 bits per heavy atom. The van der Waals surface area contributed by atoms with E-state index < -0.39 is 11.7 Å². The number of aryl methyl sites for hydroxylation is 2. The topological polar surface area (TPSA) is 124 Å². The summed E-state index contributed by atoms with van der Waals surface area (Å²) in [6.07, 6.45) is 0.747. The molecule has 3 rings (SSSR count). The Bertz CT molecular complexity index is 1120. The van der Waals surface area contributed by atoms with Crippen molar-refractivity contribution in [3.63, 3.8) is 0 Å². The van der Waals surface area contributed by atoms with Crippen LogP contribution in [0.15, 0.2) is 24.3 Å². The standard InChI is InChI=1S/C23H32FN7O/c1-6-31-20-8-7-15(10-16(20)14(5)30-31)27-22-17(21(26)32)11-18(24)23(29-22)28-19(13(4)25)9-12(2)3/h7-8,10-13,19H,6,9,25H2,1-5H3,(H2,26,32)(H2,27,28,29)/t13-,19+/m0/s1. The molecule has 0 bridgehead atoms. The van der Waals surface area contributed by atoms with E-state index >= 15 is 0 Å². The van der Waals surface area contributed by atoms with Crippen molar-refractivity contribution in [3.8, 4) is 0 Å². The van der Waals surface area contributed by atoms with Crippen LogP contribution in [0, 0.1) is 18.7 Å². The van der Waals surface area contributed by atoms with Crippen LogP contribution in [0.5, 0.6) is 0 Å². The second kappa shape index (κ2) is 9.52. The highest BCUT2D eigenvalue weighted by Gasteiger charge is 2.21. The van der Waals surface area contributed by atoms with Gasteiger partial charge in [-0.1, -0.05) is 13.8 Å². The van der Waals surface area contributed by atoms with Crippen LogP contribution in [0.1, 0.15) is 50.2 Å². The van der Waals surface area contributed by atoms with E-state index in [1.165, 1.54) is 0 Å². The Kier molecular flexibility index (Phi) is 6.98. The minimum Gasteiger partial charge on any atom is -0.365 e. The fraction of sp³-hybridized carbons (Fsp3) is 0.435. The SMILES string of the molecule is CCn1nc(C)c2cc(Nc3nc(N[C@H](CC(C)C)[C@H](C)N)c(F)cc3C(N)=O)ccc21. The Labute approximate surface area is 187 Å². The third-order valence-corrected chi connectivity index (χ3v) is 5.42. The van der Waals surface area contributed by atoms with Crippen LogP contribution in [0.4, 0.5) is 21.7 Å². The van der Waals surface area contributed by atoms with Gasteiger partial charge in [-0.3, -0.25) is 9.48 Å². The highest BCUT2D eigenvalue weighted by molar-refractivity contribution is 5.99. The van der Waals surface area contributed by atoms with Crippen molar-refractivity contribution < 1.29 is 9.18 Å². The first-order chi connectivity index (χ1) is 15.1. The number of carbonyl (C=O) groups is 1. The lowest BCUT2D eigenvalue weighted by molar-refractivity contribution is 0.100. The molecule has 0 unspecified atom stereocenters. The molecule has 6 N–H and O–H groups in total. The van der Waals surface area contributed by atoms with E-state index in [9.17, 15) is 9.18 Å². The summed E-state index contributed by atoms with van der Waals surface area (Å²) in [4.78, 5) is 16.3. The number of anilines is 3. The van der Waals surface area contributed by atoms with Gasteiger partial charge in [0.1, 0.15) is 5.82 Å². The number of hydrogen-bond donors (Lipinski definition) is 4. The molecule has 1 aromatic carbocycles. The van der Waals surface area contributed by atoms with Gasteiger partial charge in [0.05, 0.1) is 16.8 Å². The van der Waals surface area contributed by atoms with Gasteiger partial charge in [0.2, 0.25) is 0 Å². The zero-order chi connectivity index (χ0) is 23.6. The van der Waals surface area contributed by atoms with Gasteiger partial charge in [-0.15, -0.1) is 0 Å². The molecule has 8 nitrogen and oxygen atoms in total. The number of nitrogens with one attached hydrogen (secondary N) is 2. The number of carbonyl (C=O) groups excluding carboxylic acids is 1. The number of pyridine rings is 1. The fourth-order valence-electron chi connectivity index (χ4n) is 3.76. The van der Waals surface area contributed by atoms with Crippen LogP contribution in [0.3, 0.4) is 0 Å². The van der Waals surface area contributed by atoms with Crippen LogP contribution >= 0.6 is 0 Å². The van der Waals surface area contributed by atoms with Gasteiger partial charge in [-0.05, 0) is 57.4 Å². The minimum absolute atomic E-state index is 0.0245. The molecule has 9 heteroatoms. The molecular formula is C23H32FN7O. The summed E-state index contributed by atoms with van der Waals surface area (Å²) in [6, 6.07) is 6.45. The van der Waals surface area contributed by atoms with Gasteiger partial charge in [-0.2, -0.15) is 5.10 Å². The zero-order valence-electron chi connectivity index (χ0n) is 19.2. The summed E-state index contributed by atoms with van der Waals surface area (Å²) in [5.41, 5.74) is 14.1. The summed E-state index contributed by atoms with van der Waals surface area (Å²) in [5.74, 6) is -0.865. The van der Waals surface area contributed by atoms with Gasteiger partial charge in [0, 0.05) is 29.7 Å². The third kappa shape index (κ3) is 4.99. The van der Waals surface area contributed by atoms with Crippen molar-refractivity contribution in [1.82, 2.24) is 14.8 Å². The van der Waals surface area contributed by atoms with E-state index in [0.717, 1.165) is 35.6 Å². The van der Waals surface area contributed by atoms with Gasteiger partial charge in [0.15, 0.2) is 11.6 Å². The predicted molar refractivity (Wildman–Crippen MR) is 127 cm³/mol. The first-order valence-corrected chi connectivity index (χ1v) is 10.9. The van der Waals surface area contributed by atoms with Crippen molar-refractivity contribution in [3.05, 3.63) is 41.3 Å². The maximum atomic E-state index is 14.8. The molecule has 0 aliphatic heterocycles. The van der Waals surface area contributed by atoms with Gasteiger partial charge in [-0.25, -0.2) is 9.37 Å². The van der Waals surface area contributed by atoms with E-state index in [2.05, 4.69) is 34.6 Å². The van der Waals surface area contributed by atoms with Crippen LogP contribution in [-0.4, -0.2) is 32.8 Å². The summed E-state index contributed by atoms with van der Waals surface area (Å²) < 4.78 is 16.7. The van der Waals surface area contributed by atoms with Crippen LogP contribution in [0.2, 0.25) is 0 Å². The molecule has 32 heavy (non-hydrogen) atoms. The molecule has 3 aromatic rings. The Hall–Kier alpha value is -3.20. The van der Waals surface area contributed by atoms with Crippen molar-refractivity contribution in [2.45, 2.75) is 59.7 Å². The van der Waals surface area contributed by atoms with Crippen LogP contribution in [0.25, 0.3) is 10.9 Å². The molecule has 0 saturated heterocycles. The second-order valence-electron chi connectivity index (χ2n) is 8.58. The van der Waals surface area contributed by atoms with Gasteiger partial charge in [0.25, 0.3) is 5.91 Å². The Balaban J connectivity index is 1.99. The van der Waals surface area contributed by atoms with Crippen molar-refractivity contribution >= 4 is 34.1 Å². The molecule has 0 saturated carbocycles. The molecule has 0 aliphatic carbocycles. The first-order valence-electron chi connectivity index (χ1n) is 10.9. The lowest BCUT2D eigenvalue weighted by atomic mass is 9.99. The number of nitrogens with two attached hydrogens (primary N) is 2. The van der Waals surface area contributed by atoms with E-state index in [1.54, 1.807) is 0 Å². The van der Waals surface area contributed by atoms with E-state index in [1.807, 2.05) is 43.7 Å². The molecule has 2 atom stereocenters. The number of amides is 1. The zero-order valence-corrected chi connectivity index (χ0v) is 19.2. The third-order valence-electron chi connectivity index (χ3n) is 5.42. The smallest absolute Gasteiger partial charge is 0.252 e. The number of primary amides is 1. The molecule has 0 radical (unpaired) electrons. The van der Waals surface area contributed by atoms with Crippen molar-refractivity contribution in [1.29, 1.82) is 0 Å². The molecule has 0 fully saturated rings. The van der Waals surface area contributed by atoms with Crippen LogP contribution in [-0.2, 0) is 6.54 Å². The summed E-state index contributed by atoms with van der Waals surface area (Å²) in [7, 11) is 0. The lowest BCUT2D eigenvalue weighted by Gasteiger charge is -2.25. The molecule has 2 aromatic heterocycles. The second-order valence-corrected chi connectivity index (χ2v) is 8.58. The highest BCUT2D eigenvalue weighted by Crippen LogP contribution is 2.28. The van der Waals surface area contributed by atoms with Crippen molar-refractivity contribution in [2.24, 2.45) is 17.4 Å². The molecular weight excluding hydrogens is 409 g/mol. The first kappa shape index (κ1) is 23.5. The maximum Gasteiger partial charge on any atom is 0.252 e. The monoisotopic (exact) mass is 441 g/mol. The van der Waals surface area contributed by atoms with Gasteiger partial charge < -0.3 is 22.1 Å². The molecule has 172 valence electrons. The van der Waals surface area contributed by atoms with E-state index in [0.29, 0.717) is 11.6 Å². The number of rotatable bonds is 9. The van der Waals surface area contributed by atoms with Crippen molar-refractivity contribution in [2.75, 3.05) is 10.6 Å². The van der Waals surface area contributed by atoms with Crippen LogP contribution < -0.4 is 22.1 Å². The molecule has 0 spiro atoms. The quantitative estimate of drug-likeness (QED) is 0.399. The lowest BCUT2D eigenvalue weighted by Crippen LogP contribution is -2.39. The number of benzene rings is 1. The highest BCUT2D eigenvalue weighted by atomic mass is 19.1. The number of fused-ring (bicyclic) bond motifs is 1. The predicted octanol–water partition coefficient (Wildman–Crippen LogP) is 3.92. The largest absolute Gasteiger partial charge is 0.365 e. The number of halogens is 1. The molecule has 1 amide bonds. The van der Waals surface area contributed by atoms with Gasteiger partial charge >= 0.3 is 0 Å². The maximum absolute atomic E-state index is 14.8. The average molecular weight is 442 g/mol. The number of nitrogens with zero attached hydrogens (tertiary/aromatic N) is 3. The molecule has 2 heterocycles. The number of hydrogen-bond acceptors (Lipinski definition) is 6. The van der Waals surface area contributed by atoms with E-state index in [4.69, 9.17) is 11.5 Å². The summed E-state index contributed by atoms with van der Waals surface area (Å²) in [6.45, 7) is 10.7. The fourth-order valence-corrected chi connectivity index (χ4v) is 3.76. The number of aromatic nitrogens is 3. The summed E-state index contributed by atoms with van der Waals surface area (Å²) >= 11 is 0.